The summed E-state index contributed by atoms with van der Waals surface area (Å²) in [5.41, 5.74) is 0.319. The maximum atomic E-state index is 12.8. The molecule has 0 amide bonds. The van der Waals surface area contributed by atoms with E-state index in [0.717, 1.165) is 39.2 Å². The topological polar surface area (TPSA) is 353 Å². The van der Waals surface area contributed by atoms with Crippen LogP contribution in [0, 0.1) is 40.4 Å². The van der Waals surface area contributed by atoms with Crippen LogP contribution in [0.25, 0.3) is 0 Å². The quantitative estimate of drug-likeness (QED) is 0.0673. The maximum Gasteiger partial charge on any atom is 0.303 e. The number of fused-ring (bicyclic) bond motifs is 7. The van der Waals surface area contributed by atoms with Gasteiger partial charge in [-0.3, -0.25) is 14.4 Å². The van der Waals surface area contributed by atoms with Gasteiger partial charge in [0, 0.05) is 38.5 Å². The highest BCUT2D eigenvalue weighted by Crippen LogP contribution is 2.71. The smallest absolute Gasteiger partial charge is 0.303 e. The van der Waals surface area contributed by atoms with E-state index >= 15 is 0 Å². The first-order valence-electron chi connectivity index (χ1n) is 28.2. The maximum absolute atomic E-state index is 12.8. The minimum atomic E-state index is -1.81. The molecular formula is C55H82O25. The lowest BCUT2D eigenvalue weighted by Gasteiger charge is -2.60. The lowest BCUT2D eigenvalue weighted by molar-refractivity contribution is -0.382. The normalized spacial score (nSPS) is 52.9. The highest BCUT2D eigenvalue weighted by atomic mass is 16.8. The van der Waals surface area contributed by atoms with E-state index in [9.17, 15) is 60.3 Å². The van der Waals surface area contributed by atoms with Crippen molar-refractivity contribution in [2.75, 3.05) is 19.8 Å². The lowest BCUT2D eigenvalue weighted by Crippen LogP contribution is -2.66. The fraction of sp³-hybridized carbons (Fsp3) is 0.873. The molecule has 25 heteroatoms. The van der Waals surface area contributed by atoms with E-state index in [0.29, 0.717) is 24.8 Å². The molecule has 1 spiro atoms. The van der Waals surface area contributed by atoms with Gasteiger partial charge in [0.15, 0.2) is 43.5 Å². The summed E-state index contributed by atoms with van der Waals surface area (Å²) in [6.07, 6.45) is -25.6. The van der Waals surface area contributed by atoms with Crippen LogP contribution in [-0.2, 0) is 76.0 Å². The Labute approximate surface area is 463 Å². The summed E-state index contributed by atoms with van der Waals surface area (Å²) in [4.78, 5) is 37.8. The van der Waals surface area contributed by atoms with Gasteiger partial charge in [-0.25, -0.2) is 0 Å². The Morgan fingerprint density at radius 2 is 1.27 bits per heavy atom. The minimum Gasteiger partial charge on any atom is -0.456 e. The number of aliphatic hydroxyl groups excluding tert-OH is 9. The van der Waals surface area contributed by atoms with E-state index in [-0.39, 0.29) is 54.1 Å². The average Bonchev–Trinajstić information content (AvgIpc) is 4.09. The second kappa shape index (κ2) is 22.9. The van der Waals surface area contributed by atoms with Crippen molar-refractivity contribution in [1.82, 2.24) is 0 Å². The Bertz CT molecular complexity index is 2320. The van der Waals surface area contributed by atoms with Gasteiger partial charge >= 0.3 is 17.9 Å². The molecule has 0 aromatic carbocycles. The van der Waals surface area contributed by atoms with Gasteiger partial charge in [-0.2, -0.15) is 0 Å². The van der Waals surface area contributed by atoms with Crippen LogP contribution in [0.15, 0.2) is 23.8 Å². The largest absolute Gasteiger partial charge is 0.456 e. The molecule has 0 bridgehead atoms. The van der Waals surface area contributed by atoms with Crippen molar-refractivity contribution in [3.8, 4) is 0 Å². The monoisotopic (exact) mass is 1140 g/mol. The number of hydrogen-bond donors (Lipinski definition) is 9. The number of hydrogen-bond acceptors (Lipinski definition) is 25. The van der Waals surface area contributed by atoms with E-state index < -0.39 is 177 Å². The number of ether oxygens (including phenoxy) is 13. The summed E-state index contributed by atoms with van der Waals surface area (Å²) in [7, 11) is 0. The van der Waals surface area contributed by atoms with Crippen molar-refractivity contribution in [3.63, 3.8) is 0 Å². The molecule has 9 fully saturated rings. The van der Waals surface area contributed by atoms with Gasteiger partial charge in [-0.05, 0) is 80.6 Å². The summed E-state index contributed by atoms with van der Waals surface area (Å²) in [6, 6.07) is 0. The molecule has 9 N–H and O–H groups in total. The molecule has 0 radical (unpaired) electrons. The van der Waals surface area contributed by atoms with Crippen molar-refractivity contribution in [3.05, 3.63) is 23.8 Å². The molecule has 0 aromatic heterocycles. The van der Waals surface area contributed by atoms with Gasteiger partial charge in [0.25, 0.3) is 0 Å². The Balaban J connectivity index is 0.926. The third-order valence-corrected chi connectivity index (χ3v) is 19.8. The molecule has 4 aliphatic carbocycles. The predicted octanol–water partition coefficient (Wildman–Crippen LogP) is -1.11. The van der Waals surface area contributed by atoms with Crippen LogP contribution in [0.2, 0.25) is 0 Å². The van der Waals surface area contributed by atoms with E-state index in [1.807, 2.05) is 6.92 Å². The molecule has 452 valence electrons. The van der Waals surface area contributed by atoms with Crippen LogP contribution in [0.4, 0.5) is 0 Å². The molecule has 6 aliphatic heterocycles. The van der Waals surface area contributed by atoms with Crippen LogP contribution >= 0.6 is 0 Å². The Hall–Kier alpha value is -2.87. The van der Waals surface area contributed by atoms with Crippen LogP contribution in [0.1, 0.15) is 93.9 Å². The fourth-order valence-corrected chi connectivity index (χ4v) is 15.9. The molecule has 9 unspecified atom stereocenters. The third-order valence-electron chi connectivity index (χ3n) is 19.8. The van der Waals surface area contributed by atoms with Crippen molar-refractivity contribution < 1.29 is 122 Å². The summed E-state index contributed by atoms with van der Waals surface area (Å²) in [5.74, 6) is -4.21. The van der Waals surface area contributed by atoms with Crippen molar-refractivity contribution >= 4 is 17.9 Å². The van der Waals surface area contributed by atoms with Crippen LogP contribution in [-0.4, -0.2) is 231 Å². The molecule has 6 saturated heterocycles. The van der Waals surface area contributed by atoms with Gasteiger partial charge in [0.05, 0.1) is 50.3 Å². The highest BCUT2D eigenvalue weighted by Gasteiger charge is 2.72. The fourth-order valence-electron chi connectivity index (χ4n) is 15.9. The van der Waals surface area contributed by atoms with E-state index in [2.05, 4.69) is 26.5 Å². The molecule has 0 aromatic rings. The van der Waals surface area contributed by atoms with Gasteiger partial charge in [-0.15, -0.1) is 0 Å². The summed E-state index contributed by atoms with van der Waals surface area (Å²) in [6.45, 7) is 16.1. The highest BCUT2D eigenvalue weighted by molar-refractivity contribution is 5.68. The van der Waals surface area contributed by atoms with Crippen molar-refractivity contribution in [2.24, 2.45) is 40.4 Å². The first-order valence-corrected chi connectivity index (χ1v) is 28.2. The molecule has 6 heterocycles. The Morgan fingerprint density at radius 3 is 1.98 bits per heavy atom. The lowest BCUT2D eigenvalue weighted by atomic mass is 9.46. The van der Waals surface area contributed by atoms with Crippen molar-refractivity contribution in [2.45, 2.75) is 241 Å². The predicted molar refractivity (Wildman–Crippen MR) is 266 cm³/mol. The van der Waals surface area contributed by atoms with Crippen molar-refractivity contribution in [1.29, 1.82) is 0 Å². The molecule has 25 nitrogen and oxygen atoms in total. The average molecular weight is 1140 g/mol. The molecule has 10 aliphatic rings. The summed E-state index contributed by atoms with van der Waals surface area (Å²) in [5, 5.41) is 99.4. The first kappa shape index (κ1) is 60.3. The summed E-state index contributed by atoms with van der Waals surface area (Å²) < 4.78 is 80.7. The van der Waals surface area contributed by atoms with Crippen LogP contribution in [0.3, 0.4) is 0 Å². The van der Waals surface area contributed by atoms with Gasteiger partial charge in [0.1, 0.15) is 67.1 Å². The standard InChI is InChI=1S/C55H82O25/c1-20-17-70-55(48(67)42(20)77-50-41(66)39(64)37(62)22(3)71-50)21(2)36-34(80-55)16-31-29-11-10-27-14-28(59)15-35(54(27,9)30(29)12-13-53(31,36)8)76-51-46(44(33(61)19-69-51)78-49-40(65)38(63)32(60)18-68-49)79-52-47(75-26(7)58)45(74-25(6)57)43(23(4)72-52)73-24(5)56/h10,21-23,28-52,59-67H,1,11-19H2,2-9H3/t21-,22?,23-,28+,29?,30?,31?,32+,33-,34-,35+,36?,37?,38-,39?,40+,41?,42-,43-,44-,45+,46+,47+,48-,49-,50?,51-,52-,53-,54-,55-/m0/s1. The number of aliphatic hydroxyl groups is 9. The van der Waals surface area contributed by atoms with Gasteiger partial charge < -0.3 is 108 Å². The minimum absolute atomic E-state index is 0.0179. The molecule has 10 rings (SSSR count). The zero-order chi connectivity index (χ0) is 57.8. The molecule has 80 heavy (non-hydrogen) atoms. The first-order chi connectivity index (χ1) is 37.7. The van der Waals surface area contributed by atoms with Crippen LogP contribution in [0.5, 0.6) is 0 Å². The zero-order valence-electron chi connectivity index (χ0n) is 46.4. The number of carbonyl (C=O) groups is 3. The van der Waals surface area contributed by atoms with E-state index in [4.69, 9.17) is 61.6 Å². The number of allylic oxidation sites excluding steroid dienone is 1. The molecule has 3 saturated carbocycles. The van der Waals surface area contributed by atoms with Crippen LogP contribution < -0.4 is 0 Å². The molecule has 31 atom stereocenters. The second-order valence-electron chi connectivity index (χ2n) is 24.6. The molecular weight excluding hydrogens is 1060 g/mol. The zero-order valence-corrected chi connectivity index (χ0v) is 46.4. The Kier molecular flexibility index (Phi) is 17.2. The van der Waals surface area contributed by atoms with E-state index in [1.165, 1.54) is 6.92 Å². The SMILES string of the molecule is C=C1CO[C@@]2(O[C@H]3CC4C5CC=C6C[C@@H](O)C[C@@H](O[C@@H]7OC[C@H](O)[C@H](O[C@@H]8OC[C@@H](O)[C@H](O)[C@H]8O)[C@H]7O[C@@H]7O[C@@H](C)[C@H](OC(C)=O)[C@@H](OC(C)=O)[C@H]7OC(C)=O)[C@]6(C)C5CC[C@]4(C)C3[C@@H]2C)[C@@H](O)[C@H]1OC1OC(C)C(O)C(O)C1O. The number of carbonyl (C=O) groups excluding carboxylic acids is 3. The number of esters is 3. The Morgan fingerprint density at radius 1 is 0.650 bits per heavy atom. The van der Waals surface area contributed by atoms with Gasteiger partial charge in [0.2, 0.25) is 5.79 Å². The number of rotatable bonds is 11. The van der Waals surface area contributed by atoms with E-state index in [1.54, 1.807) is 6.92 Å². The second-order valence-corrected chi connectivity index (χ2v) is 24.6. The van der Waals surface area contributed by atoms with Gasteiger partial charge in [-0.1, -0.05) is 39.0 Å². The summed E-state index contributed by atoms with van der Waals surface area (Å²) >= 11 is 0. The third kappa shape index (κ3) is 10.4.